The van der Waals surface area contributed by atoms with Crippen molar-refractivity contribution in [2.45, 2.75) is 19.4 Å². The predicted molar refractivity (Wildman–Crippen MR) is 96.8 cm³/mol. The summed E-state index contributed by atoms with van der Waals surface area (Å²) < 4.78 is 10.6. The van der Waals surface area contributed by atoms with Crippen LogP contribution in [0, 0.1) is 0 Å². The van der Waals surface area contributed by atoms with E-state index in [0.717, 1.165) is 11.1 Å². The fraction of sp³-hybridized carbons (Fsp3) is 0.350. The predicted octanol–water partition coefficient (Wildman–Crippen LogP) is 2.66. The number of hydrogen-bond acceptors (Lipinski definition) is 4. The highest BCUT2D eigenvalue weighted by Crippen LogP contribution is 2.26. The van der Waals surface area contributed by atoms with Crippen molar-refractivity contribution in [1.29, 1.82) is 0 Å². The second-order valence-corrected chi connectivity index (χ2v) is 5.70. The van der Waals surface area contributed by atoms with Gasteiger partial charge in [-0.3, -0.25) is 4.79 Å². The third-order valence-corrected chi connectivity index (χ3v) is 4.05. The number of aliphatic hydroxyl groups is 1. The molecule has 5 nitrogen and oxygen atoms in total. The smallest absolute Gasteiger partial charge is 0.223 e. The number of amides is 1. The van der Waals surface area contributed by atoms with Gasteiger partial charge in [-0.1, -0.05) is 30.3 Å². The molecule has 0 heterocycles. The fourth-order valence-electron chi connectivity index (χ4n) is 2.65. The lowest BCUT2D eigenvalue weighted by atomic mass is 10.1. The number of rotatable bonds is 9. The number of hydrogen-bond donors (Lipinski definition) is 1. The molecule has 1 N–H and O–H groups in total. The van der Waals surface area contributed by atoms with E-state index in [4.69, 9.17) is 9.47 Å². The number of carbonyl (C=O) groups is 1. The molecule has 0 fully saturated rings. The fourth-order valence-corrected chi connectivity index (χ4v) is 2.65. The van der Waals surface area contributed by atoms with E-state index >= 15 is 0 Å². The summed E-state index contributed by atoms with van der Waals surface area (Å²) >= 11 is 0. The Balaban J connectivity index is 2.05. The molecular formula is C20H25NO4. The van der Waals surface area contributed by atoms with Gasteiger partial charge in [-0.2, -0.15) is 0 Å². The minimum atomic E-state index is -0.0739. The third-order valence-electron chi connectivity index (χ3n) is 4.05. The normalized spacial score (nSPS) is 10.4. The van der Waals surface area contributed by atoms with Gasteiger partial charge in [0.2, 0.25) is 5.91 Å². The molecule has 0 unspecified atom stereocenters. The van der Waals surface area contributed by atoms with Crippen molar-refractivity contribution in [2.75, 3.05) is 27.4 Å². The molecule has 1 amide bonds. The molecule has 0 aliphatic rings. The van der Waals surface area contributed by atoms with Crippen molar-refractivity contribution in [2.24, 2.45) is 0 Å². The Morgan fingerprint density at radius 3 is 2.48 bits per heavy atom. The van der Waals surface area contributed by atoms with E-state index in [-0.39, 0.29) is 12.5 Å². The number of aryl methyl sites for hydroxylation is 1. The number of aliphatic hydroxyl groups excluding tert-OH is 1. The standard InChI is InChI=1S/C20H25NO4/c1-24-18-10-9-17(19(14-18)25-2)15-21(12-13-22)20(23)11-8-16-6-4-3-5-7-16/h3-7,9-10,14,22H,8,11-13,15H2,1-2H3. The molecule has 25 heavy (non-hydrogen) atoms. The maximum atomic E-state index is 12.6. The van der Waals surface area contributed by atoms with Crippen LogP contribution in [0.5, 0.6) is 11.5 Å². The molecule has 0 saturated carbocycles. The van der Waals surface area contributed by atoms with Crippen LogP contribution in [0.3, 0.4) is 0 Å². The van der Waals surface area contributed by atoms with Gasteiger partial charge in [0.1, 0.15) is 11.5 Å². The van der Waals surface area contributed by atoms with Gasteiger partial charge >= 0.3 is 0 Å². The number of ether oxygens (including phenoxy) is 2. The average Bonchev–Trinajstić information content (AvgIpc) is 2.66. The van der Waals surface area contributed by atoms with Crippen LogP contribution in [-0.4, -0.2) is 43.3 Å². The highest BCUT2D eigenvalue weighted by molar-refractivity contribution is 5.76. The zero-order valence-corrected chi connectivity index (χ0v) is 14.8. The Morgan fingerprint density at radius 1 is 1.08 bits per heavy atom. The maximum absolute atomic E-state index is 12.6. The van der Waals surface area contributed by atoms with Crippen molar-refractivity contribution in [1.82, 2.24) is 4.90 Å². The maximum Gasteiger partial charge on any atom is 0.223 e. The van der Waals surface area contributed by atoms with Crippen LogP contribution in [0.1, 0.15) is 17.5 Å². The molecule has 5 heteroatoms. The van der Waals surface area contributed by atoms with Gasteiger partial charge in [-0.25, -0.2) is 0 Å². The summed E-state index contributed by atoms with van der Waals surface area (Å²) in [5, 5.41) is 9.31. The average molecular weight is 343 g/mol. The van der Waals surface area contributed by atoms with Crippen molar-refractivity contribution < 1.29 is 19.4 Å². The van der Waals surface area contributed by atoms with Crippen LogP contribution < -0.4 is 9.47 Å². The van der Waals surface area contributed by atoms with Gasteiger partial charge in [-0.15, -0.1) is 0 Å². The van der Waals surface area contributed by atoms with Gasteiger partial charge in [0.25, 0.3) is 0 Å². The molecule has 2 rings (SSSR count). The minimum Gasteiger partial charge on any atom is -0.497 e. The van der Waals surface area contributed by atoms with Gasteiger partial charge < -0.3 is 19.5 Å². The van der Waals surface area contributed by atoms with E-state index in [1.807, 2.05) is 42.5 Å². The molecule has 2 aromatic carbocycles. The van der Waals surface area contributed by atoms with Crippen LogP contribution in [0.2, 0.25) is 0 Å². The van der Waals surface area contributed by atoms with E-state index in [1.54, 1.807) is 25.2 Å². The molecule has 134 valence electrons. The molecule has 0 saturated heterocycles. The van der Waals surface area contributed by atoms with Crippen molar-refractivity contribution >= 4 is 5.91 Å². The number of nitrogens with zero attached hydrogens (tertiary/aromatic N) is 1. The number of carbonyl (C=O) groups excluding carboxylic acids is 1. The molecule has 0 aliphatic heterocycles. The van der Waals surface area contributed by atoms with E-state index in [2.05, 4.69) is 0 Å². The monoisotopic (exact) mass is 343 g/mol. The van der Waals surface area contributed by atoms with Crippen molar-refractivity contribution in [3.63, 3.8) is 0 Å². The van der Waals surface area contributed by atoms with Gasteiger partial charge in [0.05, 0.1) is 20.8 Å². The molecule has 0 bridgehead atoms. The van der Waals surface area contributed by atoms with E-state index in [0.29, 0.717) is 37.4 Å². The van der Waals surface area contributed by atoms with Gasteiger partial charge in [0, 0.05) is 31.1 Å². The largest absolute Gasteiger partial charge is 0.497 e. The molecule has 0 spiro atoms. The summed E-state index contributed by atoms with van der Waals surface area (Å²) in [5.41, 5.74) is 2.01. The quantitative estimate of drug-likeness (QED) is 0.760. The van der Waals surface area contributed by atoms with Crippen molar-refractivity contribution in [3.05, 3.63) is 59.7 Å². The zero-order chi connectivity index (χ0) is 18.1. The summed E-state index contributed by atoms with van der Waals surface area (Å²) in [6.45, 7) is 0.611. The van der Waals surface area contributed by atoms with Crippen LogP contribution in [-0.2, 0) is 17.8 Å². The Kier molecular flexibility index (Phi) is 7.29. The minimum absolute atomic E-state index is 0.00998. The first-order valence-corrected chi connectivity index (χ1v) is 8.31. The topological polar surface area (TPSA) is 59.0 Å². The summed E-state index contributed by atoms with van der Waals surface area (Å²) in [6.07, 6.45) is 1.09. The van der Waals surface area contributed by atoms with Gasteiger partial charge in [-0.05, 0) is 24.1 Å². The Labute approximate surface area is 148 Å². The lowest BCUT2D eigenvalue weighted by Gasteiger charge is -2.23. The molecule has 0 aliphatic carbocycles. The highest BCUT2D eigenvalue weighted by atomic mass is 16.5. The third kappa shape index (κ3) is 5.50. The zero-order valence-electron chi connectivity index (χ0n) is 14.8. The molecule has 0 atom stereocenters. The number of methoxy groups -OCH3 is 2. The first-order chi connectivity index (χ1) is 12.2. The van der Waals surface area contributed by atoms with Crippen LogP contribution in [0.25, 0.3) is 0 Å². The SMILES string of the molecule is COc1ccc(CN(CCO)C(=O)CCc2ccccc2)c(OC)c1. The molecule has 2 aromatic rings. The second-order valence-electron chi connectivity index (χ2n) is 5.70. The van der Waals surface area contributed by atoms with E-state index < -0.39 is 0 Å². The molecule has 0 aromatic heterocycles. The highest BCUT2D eigenvalue weighted by Gasteiger charge is 2.16. The summed E-state index contributed by atoms with van der Waals surface area (Å²) in [5.74, 6) is 1.37. The summed E-state index contributed by atoms with van der Waals surface area (Å²) in [6, 6.07) is 15.4. The Hall–Kier alpha value is -2.53. The van der Waals surface area contributed by atoms with Crippen LogP contribution >= 0.6 is 0 Å². The van der Waals surface area contributed by atoms with E-state index in [9.17, 15) is 9.90 Å². The van der Waals surface area contributed by atoms with Crippen molar-refractivity contribution in [3.8, 4) is 11.5 Å². The van der Waals surface area contributed by atoms with E-state index in [1.165, 1.54) is 0 Å². The Bertz CT molecular complexity index is 673. The summed E-state index contributed by atoms with van der Waals surface area (Å²) in [4.78, 5) is 14.2. The Morgan fingerprint density at radius 2 is 1.84 bits per heavy atom. The molecular weight excluding hydrogens is 318 g/mol. The molecule has 0 radical (unpaired) electrons. The van der Waals surface area contributed by atoms with Crippen LogP contribution in [0.4, 0.5) is 0 Å². The second kappa shape index (κ2) is 9.69. The van der Waals surface area contributed by atoms with Gasteiger partial charge in [0.15, 0.2) is 0 Å². The first kappa shape index (κ1) is 18.8. The first-order valence-electron chi connectivity index (χ1n) is 8.31. The lowest BCUT2D eigenvalue weighted by molar-refractivity contribution is -0.132. The number of benzene rings is 2. The lowest BCUT2D eigenvalue weighted by Crippen LogP contribution is -2.33. The summed E-state index contributed by atoms with van der Waals surface area (Å²) in [7, 11) is 3.19. The van der Waals surface area contributed by atoms with Crippen LogP contribution in [0.15, 0.2) is 48.5 Å².